The Morgan fingerprint density at radius 1 is 1.58 bits per heavy atom. The van der Waals surface area contributed by atoms with Crippen LogP contribution in [0, 0.1) is 26.2 Å². The molecule has 0 bridgehead atoms. The van der Waals surface area contributed by atoms with Crippen LogP contribution in [-0.2, 0) is 0 Å². The normalized spacial score (nSPS) is 12.1. The van der Waals surface area contributed by atoms with Gasteiger partial charge in [-0.1, -0.05) is 0 Å². The van der Waals surface area contributed by atoms with E-state index in [4.69, 9.17) is 6.42 Å². The average Bonchev–Trinajstić information content (AvgIpc) is 2.72. The van der Waals surface area contributed by atoms with Crippen LogP contribution in [0.5, 0.6) is 0 Å². The van der Waals surface area contributed by atoms with Gasteiger partial charge in [-0.25, -0.2) is 9.50 Å². The van der Waals surface area contributed by atoms with Gasteiger partial charge in [0, 0.05) is 23.9 Å². The molecule has 1 amide bonds. The van der Waals surface area contributed by atoms with Gasteiger partial charge in [0.2, 0.25) is 0 Å². The Balaban J connectivity index is 2.36. The Bertz CT molecular complexity index is 666. The number of aromatic nitrogens is 3. The summed E-state index contributed by atoms with van der Waals surface area (Å²) in [4.78, 5) is 16.5. The molecule has 5 nitrogen and oxygen atoms in total. The van der Waals surface area contributed by atoms with Crippen LogP contribution in [-0.4, -0.2) is 26.5 Å². The lowest BCUT2D eigenvalue weighted by Gasteiger charge is -2.09. The number of fused-ring (bicyclic) bond motifs is 1. The minimum absolute atomic E-state index is 0.0710. The van der Waals surface area contributed by atoms with Gasteiger partial charge in [-0.05, 0) is 26.8 Å². The highest BCUT2D eigenvalue weighted by molar-refractivity contribution is 5.99. The number of nitrogens with zero attached hydrogens (tertiary/aromatic N) is 3. The topological polar surface area (TPSA) is 59.3 Å². The summed E-state index contributed by atoms with van der Waals surface area (Å²) in [7, 11) is 0. The largest absolute Gasteiger partial charge is 0.348 e. The Kier molecular flexibility index (Phi) is 3.52. The van der Waals surface area contributed by atoms with E-state index < -0.39 is 0 Å². The molecule has 19 heavy (non-hydrogen) atoms. The van der Waals surface area contributed by atoms with Gasteiger partial charge in [0.05, 0.1) is 6.20 Å². The van der Waals surface area contributed by atoms with E-state index in [0.717, 1.165) is 11.4 Å². The molecular weight excluding hydrogens is 240 g/mol. The molecule has 1 N–H and O–H groups in total. The molecule has 2 aromatic rings. The van der Waals surface area contributed by atoms with E-state index in [2.05, 4.69) is 21.3 Å². The molecule has 0 aromatic carbocycles. The second-order valence-corrected chi connectivity index (χ2v) is 4.62. The molecule has 5 heteroatoms. The minimum atomic E-state index is -0.199. The Hall–Kier alpha value is -2.35. The van der Waals surface area contributed by atoms with Crippen molar-refractivity contribution in [3.05, 3.63) is 29.2 Å². The fraction of sp³-hybridized carbons (Fsp3) is 0.357. The lowest BCUT2D eigenvalue weighted by Crippen LogP contribution is -2.32. The third-order valence-corrected chi connectivity index (χ3v) is 2.82. The molecule has 0 aliphatic carbocycles. The van der Waals surface area contributed by atoms with Gasteiger partial charge in [-0.15, -0.1) is 12.3 Å². The molecule has 1 atom stereocenters. The summed E-state index contributed by atoms with van der Waals surface area (Å²) in [6.07, 6.45) is 7.25. The van der Waals surface area contributed by atoms with Crippen LogP contribution in [0.2, 0.25) is 0 Å². The highest BCUT2D eigenvalue weighted by atomic mass is 16.1. The monoisotopic (exact) mass is 256 g/mol. The van der Waals surface area contributed by atoms with E-state index in [1.165, 1.54) is 6.20 Å². The summed E-state index contributed by atoms with van der Waals surface area (Å²) in [5, 5.41) is 7.03. The maximum absolute atomic E-state index is 12.2. The van der Waals surface area contributed by atoms with Crippen LogP contribution in [0.1, 0.15) is 35.1 Å². The quantitative estimate of drug-likeness (QED) is 0.846. The third-order valence-electron chi connectivity index (χ3n) is 2.82. The Morgan fingerprint density at radius 2 is 2.32 bits per heavy atom. The summed E-state index contributed by atoms with van der Waals surface area (Å²) >= 11 is 0. The smallest absolute Gasteiger partial charge is 0.257 e. The molecule has 0 spiro atoms. The fourth-order valence-electron chi connectivity index (χ4n) is 1.96. The van der Waals surface area contributed by atoms with Crippen LogP contribution in [0.3, 0.4) is 0 Å². The zero-order chi connectivity index (χ0) is 14.0. The number of terminal acetylenes is 1. The van der Waals surface area contributed by atoms with Crippen LogP contribution >= 0.6 is 0 Å². The number of hydrogen-bond acceptors (Lipinski definition) is 3. The van der Waals surface area contributed by atoms with E-state index in [1.54, 1.807) is 4.52 Å². The van der Waals surface area contributed by atoms with Gasteiger partial charge in [0.1, 0.15) is 5.56 Å². The number of carbonyl (C=O) groups is 1. The van der Waals surface area contributed by atoms with Crippen molar-refractivity contribution in [2.24, 2.45) is 0 Å². The first-order chi connectivity index (χ1) is 9.02. The lowest BCUT2D eigenvalue weighted by atomic mass is 10.2. The van der Waals surface area contributed by atoms with Gasteiger partial charge >= 0.3 is 0 Å². The van der Waals surface area contributed by atoms with Gasteiger partial charge in [0.15, 0.2) is 5.65 Å². The van der Waals surface area contributed by atoms with Crippen LogP contribution < -0.4 is 5.32 Å². The molecule has 0 saturated heterocycles. The first kappa shape index (κ1) is 13.1. The van der Waals surface area contributed by atoms with Crippen molar-refractivity contribution in [1.29, 1.82) is 0 Å². The molecule has 2 rings (SSSR count). The van der Waals surface area contributed by atoms with Crippen molar-refractivity contribution >= 4 is 11.6 Å². The van der Waals surface area contributed by atoms with Gasteiger partial charge in [0.25, 0.3) is 5.91 Å². The zero-order valence-corrected chi connectivity index (χ0v) is 11.3. The van der Waals surface area contributed by atoms with Crippen LogP contribution in [0.4, 0.5) is 0 Å². The van der Waals surface area contributed by atoms with Crippen molar-refractivity contribution in [2.75, 3.05) is 0 Å². The number of aryl methyl sites for hydroxylation is 2. The van der Waals surface area contributed by atoms with Crippen LogP contribution in [0.15, 0.2) is 12.3 Å². The minimum Gasteiger partial charge on any atom is -0.348 e. The highest BCUT2D eigenvalue weighted by Crippen LogP contribution is 2.12. The maximum Gasteiger partial charge on any atom is 0.257 e. The third kappa shape index (κ3) is 2.58. The SMILES string of the molecule is C#CCC(C)NC(=O)c1cnn2c(C)cc(C)nc12. The maximum atomic E-state index is 12.2. The molecular formula is C14H16N4O. The van der Waals surface area contributed by atoms with Crippen molar-refractivity contribution < 1.29 is 4.79 Å². The van der Waals surface area contributed by atoms with E-state index in [9.17, 15) is 4.79 Å². The highest BCUT2D eigenvalue weighted by Gasteiger charge is 2.16. The molecule has 0 fully saturated rings. The van der Waals surface area contributed by atoms with E-state index in [0.29, 0.717) is 17.6 Å². The summed E-state index contributed by atoms with van der Waals surface area (Å²) in [6, 6.07) is 1.85. The van der Waals surface area contributed by atoms with Gasteiger partial charge < -0.3 is 5.32 Å². The van der Waals surface area contributed by atoms with Gasteiger partial charge in [-0.2, -0.15) is 5.10 Å². The van der Waals surface area contributed by atoms with Crippen molar-refractivity contribution in [3.8, 4) is 12.3 Å². The van der Waals surface area contributed by atoms with Crippen molar-refractivity contribution in [1.82, 2.24) is 19.9 Å². The molecule has 98 valence electrons. The standard InChI is InChI=1S/C14H16N4O/c1-5-6-9(2)17-14(19)12-8-15-18-11(4)7-10(3)16-13(12)18/h1,7-9H,6H2,2-4H3,(H,17,19). The number of hydrogen-bond donors (Lipinski definition) is 1. The van der Waals surface area contributed by atoms with Crippen molar-refractivity contribution in [2.45, 2.75) is 33.2 Å². The predicted octanol–water partition coefficient (Wildman–Crippen LogP) is 1.49. The van der Waals surface area contributed by atoms with E-state index >= 15 is 0 Å². The van der Waals surface area contributed by atoms with Crippen molar-refractivity contribution in [3.63, 3.8) is 0 Å². The zero-order valence-electron chi connectivity index (χ0n) is 11.3. The predicted molar refractivity (Wildman–Crippen MR) is 72.8 cm³/mol. The molecule has 1 unspecified atom stereocenters. The summed E-state index contributed by atoms with van der Waals surface area (Å²) in [5.41, 5.74) is 2.84. The molecule has 0 saturated carbocycles. The molecule has 2 heterocycles. The number of nitrogens with one attached hydrogen (secondary N) is 1. The average molecular weight is 256 g/mol. The second-order valence-electron chi connectivity index (χ2n) is 4.62. The molecule has 0 aliphatic rings. The first-order valence-corrected chi connectivity index (χ1v) is 6.09. The lowest BCUT2D eigenvalue weighted by molar-refractivity contribution is 0.0942. The summed E-state index contributed by atoms with van der Waals surface area (Å²) < 4.78 is 1.66. The number of amides is 1. The summed E-state index contributed by atoms with van der Waals surface area (Å²) in [6.45, 7) is 5.69. The Labute approximate surface area is 112 Å². The number of rotatable bonds is 3. The Morgan fingerprint density at radius 3 is 3.00 bits per heavy atom. The summed E-state index contributed by atoms with van der Waals surface area (Å²) in [5.74, 6) is 2.32. The van der Waals surface area contributed by atoms with E-state index in [1.807, 2.05) is 26.8 Å². The molecule has 0 radical (unpaired) electrons. The fourth-order valence-corrected chi connectivity index (χ4v) is 1.96. The molecule has 0 aliphatic heterocycles. The second kappa shape index (κ2) is 5.11. The van der Waals surface area contributed by atoms with E-state index in [-0.39, 0.29) is 11.9 Å². The van der Waals surface area contributed by atoms with Gasteiger partial charge in [-0.3, -0.25) is 4.79 Å². The number of carbonyl (C=O) groups excluding carboxylic acids is 1. The first-order valence-electron chi connectivity index (χ1n) is 6.09. The van der Waals surface area contributed by atoms with Crippen LogP contribution in [0.25, 0.3) is 5.65 Å². The molecule has 2 aromatic heterocycles.